The van der Waals surface area contributed by atoms with Crippen molar-refractivity contribution in [3.8, 4) is 0 Å². The summed E-state index contributed by atoms with van der Waals surface area (Å²) in [6, 6.07) is 8.73. The van der Waals surface area contributed by atoms with E-state index in [1.54, 1.807) is 5.19 Å². The molecule has 0 aromatic heterocycles. The van der Waals surface area contributed by atoms with Crippen LogP contribution in [0.3, 0.4) is 0 Å². The third-order valence-electron chi connectivity index (χ3n) is 1.70. The Hall–Kier alpha value is 0.226. The van der Waals surface area contributed by atoms with Gasteiger partial charge in [-0.3, -0.25) is 0 Å². The van der Waals surface area contributed by atoms with Gasteiger partial charge in [0.15, 0.2) is 0 Å². The van der Waals surface area contributed by atoms with Crippen molar-refractivity contribution in [1.82, 2.24) is 0 Å². The summed E-state index contributed by atoms with van der Waals surface area (Å²) in [5.41, 5.74) is 0. The molecule has 0 amide bonds. The summed E-state index contributed by atoms with van der Waals surface area (Å²) in [6.07, 6.45) is 0. The number of benzene rings is 1. The number of hydrogen-bond donors (Lipinski definition) is 0. The van der Waals surface area contributed by atoms with Crippen LogP contribution in [0, 0.1) is 0 Å². The van der Waals surface area contributed by atoms with Crippen molar-refractivity contribution in [2.75, 3.05) is 0 Å². The molecule has 0 bridgehead atoms. The van der Waals surface area contributed by atoms with E-state index >= 15 is 0 Å². The van der Waals surface area contributed by atoms with Gasteiger partial charge in [0.1, 0.15) is 0 Å². The van der Waals surface area contributed by atoms with Gasteiger partial charge in [0.2, 0.25) is 0 Å². The average Bonchev–Trinajstić information content (AvgIpc) is 1.86. The zero-order valence-electron chi connectivity index (χ0n) is 7.22. The molecule has 0 unspecified atom stereocenters. The molecule has 1 aromatic carbocycles. The topological polar surface area (TPSA) is 0 Å². The Morgan fingerprint density at radius 1 is 1.09 bits per heavy atom. The fourth-order valence-electron chi connectivity index (χ4n) is 1.09. The first-order valence-electron chi connectivity index (χ1n) is 3.78. The van der Waals surface area contributed by atoms with Gasteiger partial charge < -0.3 is 0 Å². The standard InChI is InChI=1S/C9H13SiTe/c1-10(2,3)8-6-4-5-7-9(8)11/h4-7H,1-3H3. The monoisotopic (exact) mass is 279 g/mol. The van der Waals surface area contributed by atoms with Crippen molar-refractivity contribution in [3.05, 3.63) is 24.3 Å². The summed E-state index contributed by atoms with van der Waals surface area (Å²) in [7, 11) is -1.08. The first kappa shape index (κ1) is 9.32. The van der Waals surface area contributed by atoms with Crippen molar-refractivity contribution in [3.63, 3.8) is 0 Å². The molecule has 0 nitrogen and oxygen atoms in total. The molecule has 0 fully saturated rings. The predicted octanol–water partition coefficient (Wildman–Crippen LogP) is 1.03. The zero-order valence-corrected chi connectivity index (χ0v) is 10.5. The van der Waals surface area contributed by atoms with Crippen LogP contribution in [0.5, 0.6) is 0 Å². The van der Waals surface area contributed by atoms with Crippen LogP contribution >= 0.6 is 0 Å². The fraction of sp³-hybridized carbons (Fsp3) is 0.333. The SMILES string of the molecule is C[Si](C)(C)c1ccccc1[Te]. The summed E-state index contributed by atoms with van der Waals surface area (Å²) in [4.78, 5) is 0. The third kappa shape index (κ3) is 2.33. The Morgan fingerprint density at radius 3 is 2.00 bits per heavy atom. The van der Waals surface area contributed by atoms with Gasteiger partial charge in [-0.25, -0.2) is 0 Å². The Bertz CT molecular complexity index is 250. The van der Waals surface area contributed by atoms with Gasteiger partial charge in [0, 0.05) is 0 Å². The second-order valence-corrected chi connectivity index (χ2v) is 10.0. The van der Waals surface area contributed by atoms with Crippen LogP contribution in [0.25, 0.3) is 0 Å². The number of hydrogen-bond acceptors (Lipinski definition) is 0. The molecule has 2 heteroatoms. The Morgan fingerprint density at radius 2 is 1.64 bits per heavy atom. The molecule has 0 saturated heterocycles. The van der Waals surface area contributed by atoms with Gasteiger partial charge in [0.05, 0.1) is 0 Å². The normalized spacial score (nSPS) is 11.5. The van der Waals surface area contributed by atoms with Gasteiger partial charge >= 0.3 is 83.1 Å². The average molecular weight is 277 g/mol. The van der Waals surface area contributed by atoms with Crippen molar-refractivity contribution in [1.29, 1.82) is 0 Å². The first-order chi connectivity index (χ1) is 5.02. The van der Waals surface area contributed by atoms with Crippen molar-refractivity contribution >= 4 is 39.2 Å². The van der Waals surface area contributed by atoms with Crippen LogP contribution < -0.4 is 8.80 Å². The van der Waals surface area contributed by atoms with Gasteiger partial charge in [0.25, 0.3) is 0 Å². The fourth-order valence-corrected chi connectivity index (χ4v) is 5.55. The molecular weight excluding hydrogens is 264 g/mol. The van der Waals surface area contributed by atoms with E-state index in [4.69, 9.17) is 0 Å². The van der Waals surface area contributed by atoms with Crippen LogP contribution in [0.15, 0.2) is 24.3 Å². The molecule has 1 radical (unpaired) electrons. The predicted molar refractivity (Wildman–Crippen MR) is 54.8 cm³/mol. The van der Waals surface area contributed by atoms with E-state index in [-0.39, 0.29) is 0 Å². The molecule has 1 aromatic rings. The molecule has 0 N–H and O–H groups in total. The molecule has 0 spiro atoms. The molecule has 0 atom stereocenters. The van der Waals surface area contributed by atoms with Gasteiger partial charge in [-0.1, -0.05) is 0 Å². The Labute approximate surface area is 82.9 Å². The summed E-state index contributed by atoms with van der Waals surface area (Å²) in [6.45, 7) is 7.16. The van der Waals surface area contributed by atoms with E-state index in [1.807, 2.05) is 0 Å². The molecule has 59 valence electrons. The molecule has 1 rings (SSSR count). The van der Waals surface area contributed by atoms with E-state index in [9.17, 15) is 0 Å². The van der Waals surface area contributed by atoms with Gasteiger partial charge in [-0.15, -0.1) is 0 Å². The minimum absolute atomic E-state index is 1.08. The molecule has 0 saturated carbocycles. The van der Waals surface area contributed by atoms with E-state index < -0.39 is 8.07 Å². The molecular formula is C9H13SiTe. The van der Waals surface area contributed by atoms with Crippen LogP contribution in [-0.2, 0) is 0 Å². The molecule has 0 aliphatic rings. The Balaban J connectivity index is 3.14. The van der Waals surface area contributed by atoms with Crippen LogP contribution in [0.1, 0.15) is 0 Å². The van der Waals surface area contributed by atoms with Gasteiger partial charge in [-0.05, 0) is 0 Å². The third-order valence-corrected chi connectivity index (χ3v) is 5.32. The van der Waals surface area contributed by atoms with Crippen molar-refractivity contribution < 1.29 is 0 Å². The van der Waals surface area contributed by atoms with Crippen LogP contribution in [-0.4, -0.2) is 30.4 Å². The van der Waals surface area contributed by atoms with E-state index in [0.717, 1.165) is 0 Å². The zero-order chi connectivity index (χ0) is 8.48. The van der Waals surface area contributed by atoms with E-state index in [0.29, 0.717) is 0 Å². The quantitative estimate of drug-likeness (QED) is 0.672. The molecule has 0 aliphatic heterocycles. The van der Waals surface area contributed by atoms with E-state index in [1.165, 1.54) is 3.61 Å². The van der Waals surface area contributed by atoms with Crippen molar-refractivity contribution in [2.24, 2.45) is 0 Å². The molecule has 0 heterocycles. The molecule has 11 heavy (non-hydrogen) atoms. The summed E-state index contributed by atoms with van der Waals surface area (Å²) in [5, 5.41) is 1.59. The first-order valence-corrected chi connectivity index (χ1v) is 8.45. The summed E-state index contributed by atoms with van der Waals surface area (Å²) in [5.74, 6) is 0. The maximum atomic E-state index is 2.39. The molecule has 0 aliphatic carbocycles. The van der Waals surface area contributed by atoms with Crippen molar-refractivity contribution in [2.45, 2.75) is 19.6 Å². The second-order valence-electron chi connectivity index (χ2n) is 3.75. The van der Waals surface area contributed by atoms with Crippen LogP contribution in [0.4, 0.5) is 0 Å². The number of rotatable bonds is 1. The second kappa shape index (κ2) is 3.31. The maximum absolute atomic E-state index is 2.39. The van der Waals surface area contributed by atoms with E-state index in [2.05, 4.69) is 66.2 Å². The minimum atomic E-state index is -1.08. The van der Waals surface area contributed by atoms with Crippen LogP contribution in [0.2, 0.25) is 19.6 Å². The Kier molecular flexibility index (Phi) is 2.80. The van der Waals surface area contributed by atoms with Gasteiger partial charge in [-0.2, -0.15) is 0 Å². The summed E-state index contributed by atoms with van der Waals surface area (Å²) >= 11 is 2.13. The summed E-state index contributed by atoms with van der Waals surface area (Å²) < 4.78 is 1.46.